The maximum Gasteiger partial charge on any atom is 0.330 e. The van der Waals surface area contributed by atoms with Crippen molar-refractivity contribution in [1.82, 2.24) is 5.32 Å². The lowest BCUT2D eigenvalue weighted by Gasteiger charge is -2.16. The fourth-order valence-electron chi connectivity index (χ4n) is 2.02. The van der Waals surface area contributed by atoms with Crippen LogP contribution in [0.4, 0.5) is 0 Å². The highest BCUT2D eigenvalue weighted by molar-refractivity contribution is 9.10. The highest BCUT2D eigenvalue weighted by Gasteiger charge is 2.23. The minimum atomic E-state index is -1.09. The maximum atomic E-state index is 12.3. The summed E-state index contributed by atoms with van der Waals surface area (Å²) in [6.45, 7) is 1.80. The molecule has 0 aliphatic heterocycles. The number of hydrogen-bond acceptors (Lipinski definition) is 2. The number of hydrogen-bond donors (Lipinski definition) is 2. The number of aliphatic carboxylic acids is 1. The number of carboxylic acids is 1. The molecule has 21 heavy (non-hydrogen) atoms. The van der Waals surface area contributed by atoms with Crippen LogP contribution >= 0.6 is 15.9 Å². The molecule has 0 spiro atoms. The second-order valence-electron chi connectivity index (χ2n) is 4.61. The minimum Gasteiger partial charge on any atom is -0.479 e. The molecule has 0 bridgehead atoms. The van der Waals surface area contributed by atoms with Gasteiger partial charge in [0.05, 0.1) is 0 Å². The number of halogens is 1. The van der Waals surface area contributed by atoms with E-state index in [-0.39, 0.29) is 0 Å². The number of benzene rings is 2. The van der Waals surface area contributed by atoms with E-state index in [1.807, 2.05) is 6.07 Å². The van der Waals surface area contributed by atoms with Crippen molar-refractivity contribution in [2.75, 3.05) is 0 Å². The van der Waals surface area contributed by atoms with Gasteiger partial charge in [0.25, 0.3) is 5.91 Å². The van der Waals surface area contributed by atoms with Crippen molar-refractivity contribution in [2.24, 2.45) is 0 Å². The van der Waals surface area contributed by atoms with E-state index < -0.39 is 17.9 Å². The number of carboxylic acid groups (broad SMARTS) is 1. The van der Waals surface area contributed by atoms with Gasteiger partial charge in [-0.05, 0) is 36.2 Å². The lowest BCUT2D eigenvalue weighted by Crippen LogP contribution is -2.34. The lowest BCUT2D eigenvalue weighted by molar-refractivity contribution is -0.139. The third-order valence-corrected chi connectivity index (χ3v) is 3.58. The van der Waals surface area contributed by atoms with Gasteiger partial charge in [0.2, 0.25) is 0 Å². The van der Waals surface area contributed by atoms with Crippen LogP contribution in [0.2, 0.25) is 0 Å². The van der Waals surface area contributed by atoms with Gasteiger partial charge in [-0.25, -0.2) is 4.79 Å². The van der Waals surface area contributed by atoms with Crippen molar-refractivity contribution < 1.29 is 14.7 Å². The van der Waals surface area contributed by atoms with Crippen molar-refractivity contribution in [3.63, 3.8) is 0 Å². The van der Waals surface area contributed by atoms with Crippen molar-refractivity contribution >= 4 is 27.8 Å². The molecule has 0 heterocycles. The summed E-state index contributed by atoms with van der Waals surface area (Å²) < 4.78 is 0.870. The van der Waals surface area contributed by atoms with E-state index in [0.29, 0.717) is 11.1 Å². The Morgan fingerprint density at radius 1 is 1.14 bits per heavy atom. The molecule has 2 aromatic carbocycles. The summed E-state index contributed by atoms with van der Waals surface area (Å²) in [4.78, 5) is 23.7. The van der Waals surface area contributed by atoms with Crippen molar-refractivity contribution in [3.8, 4) is 0 Å². The normalized spacial score (nSPS) is 11.7. The van der Waals surface area contributed by atoms with Gasteiger partial charge in [0.1, 0.15) is 0 Å². The molecular formula is C16H14BrNO3. The summed E-state index contributed by atoms with van der Waals surface area (Å²) in [6.07, 6.45) is 0. The molecule has 0 fully saturated rings. The number of amides is 1. The molecule has 0 aliphatic rings. The summed E-state index contributed by atoms with van der Waals surface area (Å²) in [5, 5.41) is 11.9. The molecule has 1 unspecified atom stereocenters. The molecule has 1 amide bonds. The molecule has 0 radical (unpaired) electrons. The summed E-state index contributed by atoms with van der Waals surface area (Å²) in [5.74, 6) is -1.50. The highest BCUT2D eigenvalue weighted by atomic mass is 79.9. The molecule has 108 valence electrons. The molecule has 0 aromatic heterocycles. The monoisotopic (exact) mass is 347 g/mol. The second kappa shape index (κ2) is 6.54. The zero-order valence-corrected chi connectivity index (χ0v) is 12.9. The number of carbonyl (C=O) groups excluding carboxylic acids is 1. The van der Waals surface area contributed by atoms with E-state index in [1.54, 1.807) is 49.4 Å². The van der Waals surface area contributed by atoms with Gasteiger partial charge >= 0.3 is 5.97 Å². The molecule has 4 nitrogen and oxygen atoms in total. The largest absolute Gasteiger partial charge is 0.479 e. The molecule has 0 saturated heterocycles. The average molecular weight is 348 g/mol. The number of aryl methyl sites for hydroxylation is 1. The van der Waals surface area contributed by atoms with Crippen LogP contribution in [0.3, 0.4) is 0 Å². The first-order chi connectivity index (χ1) is 9.99. The molecule has 5 heteroatoms. The van der Waals surface area contributed by atoms with Crippen molar-refractivity contribution in [2.45, 2.75) is 13.0 Å². The van der Waals surface area contributed by atoms with Crippen molar-refractivity contribution in [1.29, 1.82) is 0 Å². The number of nitrogens with one attached hydrogen (secondary N) is 1. The van der Waals surface area contributed by atoms with Crippen LogP contribution in [-0.2, 0) is 4.79 Å². The van der Waals surface area contributed by atoms with Crippen LogP contribution in [0.1, 0.15) is 27.5 Å². The Morgan fingerprint density at radius 2 is 1.81 bits per heavy atom. The van der Waals surface area contributed by atoms with E-state index >= 15 is 0 Å². The maximum absolute atomic E-state index is 12.3. The Kier molecular flexibility index (Phi) is 4.75. The van der Waals surface area contributed by atoms with Crippen LogP contribution in [0.25, 0.3) is 0 Å². The molecular weight excluding hydrogens is 334 g/mol. The fourth-order valence-corrected chi connectivity index (χ4v) is 2.50. The minimum absolute atomic E-state index is 0.406. The van der Waals surface area contributed by atoms with E-state index in [9.17, 15) is 14.7 Å². The smallest absolute Gasteiger partial charge is 0.330 e. The van der Waals surface area contributed by atoms with Crippen LogP contribution in [0, 0.1) is 6.92 Å². The fraction of sp³-hybridized carbons (Fsp3) is 0.125. The molecule has 2 rings (SSSR count). The Labute approximate surface area is 130 Å². The third kappa shape index (κ3) is 3.70. The van der Waals surface area contributed by atoms with Gasteiger partial charge in [0.15, 0.2) is 6.04 Å². The first-order valence-corrected chi connectivity index (χ1v) is 7.13. The Balaban J connectivity index is 2.25. The third-order valence-electron chi connectivity index (χ3n) is 3.09. The van der Waals surface area contributed by atoms with Gasteiger partial charge in [-0.2, -0.15) is 0 Å². The van der Waals surface area contributed by atoms with Crippen LogP contribution in [0.5, 0.6) is 0 Å². The molecule has 2 aromatic rings. The quantitative estimate of drug-likeness (QED) is 0.891. The molecule has 2 N–H and O–H groups in total. The van der Waals surface area contributed by atoms with Crippen LogP contribution in [-0.4, -0.2) is 17.0 Å². The van der Waals surface area contributed by atoms with Gasteiger partial charge in [-0.15, -0.1) is 0 Å². The number of rotatable bonds is 4. The SMILES string of the molecule is Cc1cc(Br)ccc1C(=O)NC(C(=O)O)c1ccccc1. The summed E-state index contributed by atoms with van der Waals surface area (Å²) in [6, 6.07) is 12.8. The first kappa shape index (κ1) is 15.3. The Bertz CT molecular complexity index is 670. The first-order valence-electron chi connectivity index (χ1n) is 6.34. The summed E-state index contributed by atoms with van der Waals surface area (Å²) in [7, 11) is 0. The zero-order chi connectivity index (χ0) is 15.4. The van der Waals surface area contributed by atoms with E-state index in [4.69, 9.17) is 0 Å². The van der Waals surface area contributed by atoms with E-state index in [1.165, 1.54) is 0 Å². The lowest BCUT2D eigenvalue weighted by atomic mass is 10.0. The molecule has 1 atom stereocenters. The van der Waals surface area contributed by atoms with Crippen LogP contribution < -0.4 is 5.32 Å². The second-order valence-corrected chi connectivity index (χ2v) is 5.53. The van der Waals surface area contributed by atoms with Crippen molar-refractivity contribution in [3.05, 3.63) is 69.7 Å². The number of carbonyl (C=O) groups is 2. The van der Waals surface area contributed by atoms with E-state index in [2.05, 4.69) is 21.2 Å². The van der Waals surface area contributed by atoms with Gasteiger partial charge in [0, 0.05) is 10.0 Å². The summed E-state index contributed by atoms with van der Waals surface area (Å²) >= 11 is 3.33. The Morgan fingerprint density at radius 3 is 2.38 bits per heavy atom. The topological polar surface area (TPSA) is 66.4 Å². The van der Waals surface area contributed by atoms with Crippen LogP contribution in [0.15, 0.2) is 53.0 Å². The van der Waals surface area contributed by atoms with Gasteiger partial charge < -0.3 is 10.4 Å². The van der Waals surface area contributed by atoms with E-state index in [0.717, 1.165) is 10.0 Å². The molecule has 0 saturated carbocycles. The van der Waals surface area contributed by atoms with Gasteiger partial charge in [-0.1, -0.05) is 46.3 Å². The average Bonchev–Trinajstić information content (AvgIpc) is 2.45. The van der Waals surface area contributed by atoms with Gasteiger partial charge in [-0.3, -0.25) is 4.79 Å². The summed E-state index contributed by atoms with van der Waals surface area (Å²) in [5.41, 5.74) is 1.77. The molecule has 0 aliphatic carbocycles. The Hall–Kier alpha value is -2.14. The standard InChI is InChI=1S/C16H14BrNO3/c1-10-9-12(17)7-8-13(10)15(19)18-14(16(20)21)11-5-3-2-4-6-11/h2-9,14H,1H3,(H,18,19)(H,20,21). The predicted molar refractivity (Wildman–Crippen MR) is 83.2 cm³/mol. The zero-order valence-electron chi connectivity index (χ0n) is 11.3. The predicted octanol–water partition coefficient (Wildman–Crippen LogP) is 3.31. The highest BCUT2D eigenvalue weighted by Crippen LogP contribution is 2.18.